The lowest BCUT2D eigenvalue weighted by Gasteiger charge is -1.96. The van der Waals surface area contributed by atoms with Crippen molar-refractivity contribution in [3.63, 3.8) is 0 Å². The molecule has 0 aliphatic carbocycles. The summed E-state index contributed by atoms with van der Waals surface area (Å²) in [5, 5.41) is 19.4. The molecule has 0 radical (unpaired) electrons. The molecule has 12 heavy (non-hydrogen) atoms. The van der Waals surface area contributed by atoms with Crippen molar-refractivity contribution in [3.8, 4) is 6.07 Å². The molecule has 64 valence electrons. The van der Waals surface area contributed by atoms with Gasteiger partial charge in [-0.3, -0.25) is 10.1 Å². The van der Waals surface area contributed by atoms with Crippen LogP contribution in [-0.4, -0.2) is 11.5 Å². The number of hydrogen-bond donors (Lipinski definition) is 2. The Labute approximate surface area is 70.8 Å². The number of carbonyl (C=O) groups is 1. The Morgan fingerprint density at radius 2 is 2.17 bits per heavy atom. The van der Waals surface area contributed by atoms with E-state index in [1.807, 2.05) is 11.4 Å². The Kier molecular flexibility index (Phi) is 4.24. The lowest BCUT2D eigenvalue weighted by Crippen LogP contribution is -2.09. The van der Waals surface area contributed by atoms with Gasteiger partial charge in [-0.1, -0.05) is 0 Å². The monoisotopic (exact) mass is 166 g/mol. The van der Waals surface area contributed by atoms with E-state index in [0.29, 0.717) is 17.6 Å². The summed E-state index contributed by atoms with van der Waals surface area (Å²) in [6.45, 7) is 3.29. The fourth-order valence-electron chi connectivity index (χ4n) is 0.504. The Bertz CT molecular complexity index is 271. The standard InChI is InChI=1S/C8H10N2O2/c1-6(7(2)4-9)3-8(12)10-5-11/h3,5,12H,1-2H3,(H,10,11)/b7-6+,8-3+. The van der Waals surface area contributed by atoms with Crippen molar-refractivity contribution >= 4 is 6.41 Å². The number of nitrogens with zero attached hydrogens (tertiary/aromatic N) is 1. The molecule has 0 saturated carbocycles. The van der Waals surface area contributed by atoms with E-state index in [1.165, 1.54) is 6.08 Å². The van der Waals surface area contributed by atoms with Crippen LogP contribution in [0.1, 0.15) is 13.8 Å². The van der Waals surface area contributed by atoms with Gasteiger partial charge in [0.15, 0.2) is 5.88 Å². The molecule has 0 aromatic rings. The summed E-state index contributed by atoms with van der Waals surface area (Å²) < 4.78 is 0. The zero-order chi connectivity index (χ0) is 9.56. The average molecular weight is 166 g/mol. The molecule has 0 rings (SSSR count). The van der Waals surface area contributed by atoms with Gasteiger partial charge in [0, 0.05) is 11.6 Å². The summed E-state index contributed by atoms with van der Waals surface area (Å²) in [5.41, 5.74) is 1.11. The van der Waals surface area contributed by atoms with Crippen LogP contribution in [0.3, 0.4) is 0 Å². The van der Waals surface area contributed by atoms with E-state index in [-0.39, 0.29) is 5.88 Å². The molecule has 0 saturated heterocycles. The highest BCUT2D eigenvalue weighted by Gasteiger charge is 1.94. The van der Waals surface area contributed by atoms with Gasteiger partial charge in [-0.2, -0.15) is 5.26 Å². The number of allylic oxidation sites excluding steroid dienone is 3. The maximum atomic E-state index is 9.84. The van der Waals surface area contributed by atoms with Crippen LogP contribution < -0.4 is 5.32 Å². The van der Waals surface area contributed by atoms with Crippen molar-refractivity contribution in [1.82, 2.24) is 5.32 Å². The summed E-state index contributed by atoms with van der Waals surface area (Å²) in [6, 6.07) is 1.92. The number of nitrogens with one attached hydrogen (secondary N) is 1. The average Bonchev–Trinajstić information content (AvgIpc) is 2.03. The molecule has 0 aliphatic heterocycles. The third-order valence-corrected chi connectivity index (χ3v) is 1.32. The number of amides is 1. The van der Waals surface area contributed by atoms with Crippen molar-refractivity contribution in [2.75, 3.05) is 0 Å². The number of hydrogen-bond acceptors (Lipinski definition) is 3. The van der Waals surface area contributed by atoms with Crippen LogP contribution in [0.5, 0.6) is 0 Å². The highest BCUT2D eigenvalue weighted by molar-refractivity contribution is 5.49. The molecule has 2 N–H and O–H groups in total. The Morgan fingerprint density at radius 3 is 2.58 bits per heavy atom. The quantitative estimate of drug-likeness (QED) is 0.284. The first kappa shape index (κ1) is 10.2. The highest BCUT2D eigenvalue weighted by atomic mass is 16.3. The van der Waals surface area contributed by atoms with Crippen LogP contribution in [0.2, 0.25) is 0 Å². The highest BCUT2D eigenvalue weighted by Crippen LogP contribution is 2.04. The van der Waals surface area contributed by atoms with Crippen molar-refractivity contribution in [2.45, 2.75) is 13.8 Å². The van der Waals surface area contributed by atoms with E-state index < -0.39 is 0 Å². The maximum absolute atomic E-state index is 9.84. The Morgan fingerprint density at radius 1 is 1.58 bits per heavy atom. The van der Waals surface area contributed by atoms with Crippen LogP contribution >= 0.6 is 0 Å². The molecule has 0 fully saturated rings. The summed E-state index contributed by atoms with van der Waals surface area (Å²) in [5.74, 6) is -0.267. The molecule has 0 aliphatic rings. The molecule has 4 heteroatoms. The second kappa shape index (κ2) is 4.97. The van der Waals surface area contributed by atoms with E-state index in [0.717, 1.165) is 0 Å². The van der Waals surface area contributed by atoms with E-state index in [2.05, 4.69) is 0 Å². The SMILES string of the molecule is C/C(C#N)=C(C)\C=C(\O)NC=O. The third kappa shape index (κ3) is 3.42. The molecule has 0 atom stereocenters. The minimum Gasteiger partial charge on any atom is -0.495 e. The predicted octanol–water partition coefficient (Wildman–Crippen LogP) is 0.992. The van der Waals surface area contributed by atoms with Gasteiger partial charge in [-0.05, 0) is 19.4 Å². The van der Waals surface area contributed by atoms with Crippen LogP contribution in [0, 0.1) is 11.3 Å². The number of aliphatic hydroxyl groups is 1. The molecule has 0 aromatic carbocycles. The van der Waals surface area contributed by atoms with Crippen molar-refractivity contribution in [3.05, 3.63) is 23.1 Å². The van der Waals surface area contributed by atoms with Crippen molar-refractivity contribution < 1.29 is 9.90 Å². The summed E-state index contributed by atoms with van der Waals surface area (Å²) in [7, 11) is 0. The Hall–Kier alpha value is -1.76. The first-order valence-electron chi connectivity index (χ1n) is 3.30. The normalized spacial score (nSPS) is 12.9. The smallest absolute Gasteiger partial charge is 0.213 e. The third-order valence-electron chi connectivity index (χ3n) is 1.32. The minimum absolute atomic E-state index is 0.267. The summed E-state index contributed by atoms with van der Waals surface area (Å²) in [4.78, 5) is 9.84. The largest absolute Gasteiger partial charge is 0.495 e. The number of aliphatic hydroxyl groups excluding tert-OH is 1. The lowest BCUT2D eigenvalue weighted by atomic mass is 10.2. The van der Waals surface area contributed by atoms with Gasteiger partial charge in [-0.15, -0.1) is 0 Å². The van der Waals surface area contributed by atoms with Gasteiger partial charge in [0.2, 0.25) is 6.41 Å². The molecule has 4 nitrogen and oxygen atoms in total. The fraction of sp³-hybridized carbons (Fsp3) is 0.250. The van der Waals surface area contributed by atoms with Gasteiger partial charge in [0.05, 0.1) is 6.07 Å². The van der Waals surface area contributed by atoms with Crippen LogP contribution in [0.25, 0.3) is 0 Å². The van der Waals surface area contributed by atoms with Gasteiger partial charge in [0.1, 0.15) is 0 Å². The molecular weight excluding hydrogens is 156 g/mol. The van der Waals surface area contributed by atoms with Crippen LogP contribution in [0.4, 0.5) is 0 Å². The molecule has 0 aromatic heterocycles. The lowest BCUT2D eigenvalue weighted by molar-refractivity contribution is -0.109. The predicted molar refractivity (Wildman–Crippen MR) is 43.9 cm³/mol. The number of nitriles is 1. The maximum Gasteiger partial charge on any atom is 0.213 e. The van der Waals surface area contributed by atoms with Crippen molar-refractivity contribution in [2.24, 2.45) is 0 Å². The van der Waals surface area contributed by atoms with Crippen molar-refractivity contribution in [1.29, 1.82) is 5.26 Å². The first-order valence-corrected chi connectivity index (χ1v) is 3.30. The molecule has 0 heterocycles. The number of rotatable bonds is 3. The molecule has 0 spiro atoms. The Balaban J connectivity index is 4.55. The summed E-state index contributed by atoms with van der Waals surface area (Å²) >= 11 is 0. The zero-order valence-corrected chi connectivity index (χ0v) is 6.96. The number of carbonyl (C=O) groups excluding carboxylic acids is 1. The van der Waals surface area contributed by atoms with E-state index in [9.17, 15) is 4.79 Å². The zero-order valence-electron chi connectivity index (χ0n) is 6.96. The second-order valence-corrected chi connectivity index (χ2v) is 2.21. The molecule has 0 bridgehead atoms. The van der Waals surface area contributed by atoms with E-state index in [4.69, 9.17) is 10.4 Å². The van der Waals surface area contributed by atoms with E-state index >= 15 is 0 Å². The van der Waals surface area contributed by atoms with Gasteiger partial charge < -0.3 is 5.11 Å². The van der Waals surface area contributed by atoms with E-state index in [1.54, 1.807) is 13.8 Å². The first-order chi connectivity index (χ1) is 5.61. The molecule has 1 amide bonds. The van der Waals surface area contributed by atoms with Gasteiger partial charge >= 0.3 is 0 Å². The second-order valence-electron chi connectivity index (χ2n) is 2.21. The fourth-order valence-corrected chi connectivity index (χ4v) is 0.504. The van der Waals surface area contributed by atoms with Gasteiger partial charge in [0.25, 0.3) is 0 Å². The molecular formula is C8H10N2O2. The van der Waals surface area contributed by atoms with Gasteiger partial charge in [-0.25, -0.2) is 0 Å². The minimum atomic E-state index is -0.267. The van der Waals surface area contributed by atoms with Crippen LogP contribution in [0.15, 0.2) is 23.1 Å². The topological polar surface area (TPSA) is 73.1 Å². The summed E-state index contributed by atoms with van der Waals surface area (Å²) in [6.07, 6.45) is 1.67. The van der Waals surface area contributed by atoms with Crippen LogP contribution in [-0.2, 0) is 4.79 Å². The molecule has 0 unspecified atom stereocenters.